The summed E-state index contributed by atoms with van der Waals surface area (Å²) in [5.74, 6) is 1.15. The Morgan fingerprint density at radius 1 is 1.12 bits per heavy atom. The smallest absolute Gasteiger partial charge is 0.248 e. The minimum atomic E-state index is -0.179. The number of hydrogen-bond acceptors (Lipinski definition) is 3. The van der Waals surface area contributed by atoms with Crippen molar-refractivity contribution in [3.05, 3.63) is 59.7 Å². The van der Waals surface area contributed by atoms with E-state index in [1.54, 1.807) is 13.2 Å². The predicted octanol–water partition coefficient (Wildman–Crippen LogP) is 4.44. The molecule has 0 heterocycles. The zero-order valence-electron chi connectivity index (χ0n) is 14.5. The second-order valence-electron chi connectivity index (χ2n) is 5.77. The van der Waals surface area contributed by atoms with Gasteiger partial charge < -0.3 is 14.8 Å². The van der Waals surface area contributed by atoms with Gasteiger partial charge in [-0.25, -0.2) is 0 Å². The first-order chi connectivity index (χ1) is 11.5. The standard InChI is InChI=1S/C20H23NO3/c1-14(2)24-18-10-8-16(13-19(18)23-4)9-11-20(22)21-17-7-5-6-15(3)12-17/h5-14H,1-4H3,(H,21,22)/b11-9+. The van der Waals surface area contributed by atoms with Crippen molar-refractivity contribution in [2.45, 2.75) is 26.9 Å². The Morgan fingerprint density at radius 2 is 1.92 bits per heavy atom. The monoisotopic (exact) mass is 325 g/mol. The quantitative estimate of drug-likeness (QED) is 0.799. The van der Waals surface area contributed by atoms with Gasteiger partial charge in [-0.15, -0.1) is 0 Å². The number of carbonyl (C=O) groups is 1. The van der Waals surface area contributed by atoms with Crippen molar-refractivity contribution in [1.29, 1.82) is 0 Å². The number of amides is 1. The lowest BCUT2D eigenvalue weighted by molar-refractivity contribution is -0.111. The van der Waals surface area contributed by atoms with Gasteiger partial charge in [0.1, 0.15) is 0 Å². The molecule has 0 saturated heterocycles. The number of hydrogen-bond donors (Lipinski definition) is 1. The average Bonchev–Trinajstić information content (AvgIpc) is 2.53. The van der Waals surface area contributed by atoms with Gasteiger partial charge in [0, 0.05) is 11.8 Å². The molecular formula is C20H23NO3. The Kier molecular flexibility index (Phi) is 6.01. The molecule has 0 saturated carbocycles. The Labute approximate surface area is 143 Å². The van der Waals surface area contributed by atoms with Gasteiger partial charge in [0.05, 0.1) is 13.2 Å². The van der Waals surface area contributed by atoms with Crippen molar-refractivity contribution < 1.29 is 14.3 Å². The molecule has 2 aromatic rings. The van der Waals surface area contributed by atoms with Crippen LogP contribution in [0, 0.1) is 6.92 Å². The van der Waals surface area contributed by atoms with Crippen LogP contribution in [0.3, 0.4) is 0 Å². The van der Waals surface area contributed by atoms with Crippen LogP contribution in [0.2, 0.25) is 0 Å². The molecule has 0 bridgehead atoms. The SMILES string of the molecule is COc1cc(/C=C/C(=O)Nc2cccc(C)c2)ccc1OC(C)C. The summed E-state index contributed by atoms with van der Waals surface area (Å²) in [4.78, 5) is 12.0. The van der Waals surface area contributed by atoms with Crippen molar-refractivity contribution in [2.24, 2.45) is 0 Å². The summed E-state index contributed by atoms with van der Waals surface area (Å²) in [6, 6.07) is 13.2. The third-order valence-corrected chi connectivity index (χ3v) is 3.26. The fourth-order valence-corrected chi connectivity index (χ4v) is 2.22. The first-order valence-corrected chi connectivity index (χ1v) is 7.88. The second-order valence-corrected chi connectivity index (χ2v) is 5.77. The van der Waals surface area contributed by atoms with Crippen molar-refractivity contribution >= 4 is 17.7 Å². The largest absolute Gasteiger partial charge is 0.493 e. The number of methoxy groups -OCH3 is 1. The third-order valence-electron chi connectivity index (χ3n) is 3.26. The van der Waals surface area contributed by atoms with Crippen molar-refractivity contribution in [2.75, 3.05) is 12.4 Å². The number of ether oxygens (including phenoxy) is 2. The summed E-state index contributed by atoms with van der Waals surface area (Å²) < 4.78 is 11.0. The molecule has 0 radical (unpaired) electrons. The first-order valence-electron chi connectivity index (χ1n) is 7.88. The fraction of sp³-hybridized carbons (Fsp3) is 0.250. The third kappa shape index (κ3) is 5.16. The second kappa shape index (κ2) is 8.20. The molecule has 1 N–H and O–H groups in total. The molecule has 1 amide bonds. The van der Waals surface area contributed by atoms with E-state index in [1.807, 2.05) is 63.2 Å². The van der Waals surface area contributed by atoms with Crippen LogP contribution in [-0.4, -0.2) is 19.1 Å². The summed E-state index contributed by atoms with van der Waals surface area (Å²) in [5, 5.41) is 2.84. The van der Waals surface area contributed by atoms with Gasteiger partial charge in [0.15, 0.2) is 11.5 Å². The topological polar surface area (TPSA) is 47.6 Å². The van der Waals surface area contributed by atoms with Crippen LogP contribution in [0.4, 0.5) is 5.69 Å². The Bertz CT molecular complexity index is 735. The number of aryl methyl sites for hydroxylation is 1. The molecule has 24 heavy (non-hydrogen) atoms. The molecule has 0 spiro atoms. The lowest BCUT2D eigenvalue weighted by Crippen LogP contribution is -2.08. The molecule has 4 heteroatoms. The molecular weight excluding hydrogens is 302 g/mol. The van der Waals surface area contributed by atoms with E-state index in [9.17, 15) is 4.79 Å². The Hall–Kier alpha value is -2.75. The summed E-state index contributed by atoms with van der Waals surface area (Å²) in [7, 11) is 1.60. The highest BCUT2D eigenvalue weighted by molar-refractivity contribution is 6.02. The minimum Gasteiger partial charge on any atom is -0.493 e. The lowest BCUT2D eigenvalue weighted by atomic mass is 10.2. The zero-order valence-corrected chi connectivity index (χ0v) is 14.5. The van der Waals surface area contributed by atoms with E-state index in [0.29, 0.717) is 11.5 Å². The molecule has 2 aromatic carbocycles. The average molecular weight is 325 g/mol. The van der Waals surface area contributed by atoms with E-state index in [4.69, 9.17) is 9.47 Å². The molecule has 4 nitrogen and oxygen atoms in total. The minimum absolute atomic E-state index is 0.0698. The highest BCUT2D eigenvalue weighted by atomic mass is 16.5. The number of rotatable bonds is 6. The highest BCUT2D eigenvalue weighted by Crippen LogP contribution is 2.29. The van der Waals surface area contributed by atoms with Crippen LogP contribution in [0.1, 0.15) is 25.0 Å². The summed E-state index contributed by atoms with van der Waals surface area (Å²) in [6.07, 6.45) is 3.31. The summed E-state index contributed by atoms with van der Waals surface area (Å²) in [6.45, 7) is 5.91. The molecule has 2 rings (SSSR count). The fourth-order valence-electron chi connectivity index (χ4n) is 2.22. The molecule has 0 aliphatic heterocycles. The van der Waals surface area contributed by atoms with Gasteiger partial charge in [-0.05, 0) is 62.2 Å². The maximum Gasteiger partial charge on any atom is 0.248 e. The maximum absolute atomic E-state index is 12.0. The van der Waals surface area contributed by atoms with Crippen molar-refractivity contribution in [3.8, 4) is 11.5 Å². The lowest BCUT2D eigenvalue weighted by Gasteiger charge is -2.13. The van der Waals surface area contributed by atoms with Crippen LogP contribution < -0.4 is 14.8 Å². The number of benzene rings is 2. The van der Waals surface area contributed by atoms with Gasteiger partial charge in [-0.2, -0.15) is 0 Å². The van der Waals surface area contributed by atoms with Crippen LogP contribution in [0.5, 0.6) is 11.5 Å². The van der Waals surface area contributed by atoms with Crippen LogP contribution in [-0.2, 0) is 4.79 Å². The molecule has 126 valence electrons. The van der Waals surface area contributed by atoms with Crippen LogP contribution in [0.15, 0.2) is 48.5 Å². The first kappa shape index (κ1) is 17.6. The highest BCUT2D eigenvalue weighted by Gasteiger charge is 2.06. The molecule has 0 fully saturated rings. The Balaban J connectivity index is 2.06. The van der Waals surface area contributed by atoms with E-state index in [0.717, 1.165) is 16.8 Å². The van der Waals surface area contributed by atoms with E-state index in [1.165, 1.54) is 6.08 Å². The molecule has 0 unspecified atom stereocenters. The van der Waals surface area contributed by atoms with Crippen LogP contribution >= 0.6 is 0 Å². The van der Waals surface area contributed by atoms with Crippen LogP contribution in [0.25, 0.3) is 6.08 Å². The number of carbonyl (C=O) groups excluding carboxylic acids is 1. The van der Waals surface area contributed by atoms with Gasteiger partial charge in [0.25, 0.3) is 0 Å². The zero-order chi connectivity index (χ0) is 17.5. The molecule has 0 aliphatic carbocycles. The summed E-state index contributed by atoms with van der Waals surface area (Å²) in [5.41, 5.74) is 2.74. The number of nitrogens with one attached hydrogen (secondary N) is 1. The maximum atomic E-state index is 12.0. The van der Waals surface area contributed by atoms with Gasteiger partial charge in [0.2, 0.25) is 5.91 Å². The Morgan fingerprint density at radius 3 is 2.58 bits per heavy atom. The van der Waals surface area contributed by atoms with Gasteiger partial charge >= 0.3 is 0 Å². The summed E-state index contributed by atoms with van der Waals surface area (Å²) >= 11 is 0. The normalized spacial score (nSPS) is 10.9. The van der Waals surface area contributed by atoms with Crippen molar-refractivity contribution in [1.82, 2.24) is 0 Å². The molecule has 0 aromatic heterocycles. The van der Waals surface area contributed by atoms with E-state index in [-0.39, 0.29) is 12.0 Å². The predicted molar refractivity (Wildman–Crippen MR) is 97.6 cm³/mol. The van der Waals surface area contributed by atoms with Gasteiger partial charge in [-0.1, -0.05) is 18.2 Å². The number of anilines is 1. The van der Waals surface area contributed by atoms with E-state index < -0.39 is 0 Å². The molecule has 0 aliphatic rings. The van der Waals surface area contributed by atoms with E-state index in [2.05, 4.69) is 5.32 Å². The van der Waals surface area contributed by atoms with Crippen molar-refractivity contribution in [3.63, 3.8) is 0 Å². The van der Waals surface area contributed by atoms with E-state index >= 15 is 0 Å². The van der Waals surface area contributed by atoms with Gasteiger partial charge in [-0.3, -0.25) is 4.79 Å². The molecule has 0 atom stereocenters.